The van der Waals surface area contributed by atoms with Gasteiger partial charge in [-0.2, -0.15) is 0 Å². The maximum atomic E-state index is 11.1. The van der Waals surface area contributed by atoms with Crippen LogP contribution in [0, 0.1) is 0 Å². The Morgan fingerprint density at radius 2 is 1.05 bits per heavy atom. The quantitative estimate of drug-likeness (QED) is 0.0782. The molecule has 228 valence electrons. The van der Waals surface area contributed by atoms with Crippen LogP contribution in [-0.2, 0) is 6.54 Å². The number of hydrogen-bond donors (Lipinski definition) is 1. The summed E-state index contributed by atoms with van der Waals surface area (Å²) in [6, 6.07) is 19.3. The van der Waals surface area contributed by atoms with E-state index in [0.717, 1.165) is 0 Å². The molecule has 0 aliphatic heterocycles. The lowest BCUT2D eigenvalue weighted by Crippen LogP contribution is -2.32. The van der Waals surface area contributed by atoms with Gasteiger partial charge in [0.15, 0.2) is 12.4 Å². The van der Waals surface area contributed by atoms with E-state index in [2.05, 4.69) is 42.1 Å². The number of unbranched alkanes of at least 4 members (excludes halogenated alkanes) is 13. The summed E-state index contributed by atoms with van der Waals surface area (Å²) in [7, 11) is 2.40. The molecule has 1 aromatic heterocycles. The van der Waals surface area contributed by atoms with Crippen molar-refractivity contribution in [2.75, 3.05) is 0 Å². The average Bonchev–Trinajstić information content (AvgIpc) is 3.01. The van der Waals surface area contributed by atoms with Gasteiger partial charge in [-0.3, -0.25) is 0 Å². The molecule has 0 aliphatic carbocycles. The SMILES string of the molecule is CCCCCCCCCCCCCCCC[n+]1ccccc1.O=C([O-])c1ccccc1SSc1ccccc1C(=O)O. The minimum Gasteiger partial charge on any atom is -0.545 e. The molecule has 7 heteroatoms. The molecule has 1 N–H and O–H groups in total. The molecule has 2 aromatic carbocycles. The highest BCUT2D eigenvalue weighted by molar-refractivity contribution is 8.76. The van der Waals surface area contributed by atoms with Crippen LogP contribution in [0.1, 0.15) is 118 Å². The minimum absolute atomic E-state index is 0.0952. The van der Waals surface area contributed by atoms with Gasteiger partial charge in [0.25, 0.3) is 0 Å². The molecule has 0 bridgehead atoms. The number of aryl methyl sites for hydroxylation is 1. The summed E-state index contributed by atoms with van der Waals surface area (Å²) in [5, 5.41) is 20.1. The van der Waals surface area contributed by atoms with E-state index in [9.17, 15) is 14.7 Å². The molecule has 0 aliphatic rings. The molecule has 0 spiro atoms. The molecule has 3 aromatic rings. The Bertz CT molecular complexity index is 1100. The Morgan fingerprint density at radius 1 is 0.619 bits per heavy atom. The number of aromatic carboxylic acids is 2. The molecule has 0 saturated carbocycles. The van der Waals surface area contributed by atoms with Crippen molar-refractivity contribution in [3.05, 3.63) is 90.3 Å². The molecular weight excluding hydrogens is 563 g/mol. The largest absolute Gasteiger partial charge is 0.545 e. The number of carboxylic acids is 2. The summed E-state index contributed by atoms with van der Waals surface area (Å²) >= 11 is 0. The topological polar surface area (TPSA) is 81.3 Å². The van der Waals surface area contributed by atoms with Crippen LogP contribution in [0.15, 0.2) is 88.9 Å². The fourth-order valence-electron chi connectivity index (χ4n) is 4.59. The van der Waals surface area contributed by atoms with Gasteiger partial charge in [0.2, 0.25) is 0 Å². The number of hydrogen-bond acceptors (Lipinski definition) is 5. The number of rotatable bonds is 20. The van der Waals surface area contributed by atoms with Crippen molar-refractivity contribution in [2.45, 2.75) is 113 Å². The second kappa shape index (κ2) is 22.8. The zero-order valence-corrected chi connectivity index (χ0v) is 26.7. The highest BCUT2D eigenvalue weighted by Crippen LogP contribution is 2.40. The lowest BCUT2D eigenvalue weighted by Gasteiger charge is -2.09. The van der Waals surface area contributed by atoms with E-state index in [0.29, 0.717) is 9.79 Å². The summed E-state index contributed by atoms with van der Waals surface area (Å²) in [5.41, 5.74) is 0.286. The first-order valence-electron chi connectivity index (χ1n) is 15.4. The third-order valence-corrected chi connectivity index (χ3v) is 9.47. The molecule has 0 atom stereocenters. The van der Waals surface area contributed by atoms with Crippen molar-refractivity contribution in [3.8, 4) is 0 Å². The van der Waals surface area contributed by atoms with Gasteiger partial charge < -0.3 is 15.0 Å². The maximum Gasteiger partial charge on any atom is 0.336 e. The van der Waals surface area contributed by atoms with Crippen molar-refractivity contribution in [2.24, 2.45) is 0 Å². The Morgan fingerprint density at radius 3 is 1.52 bits per heavy atom. The molecule has 42 heavy (non-hydrogen) atoms. The van der Waals surface area contributed by atoms with Crippen LogP contribution >= 0.6 is 21.6 Å². The second-order valence-corrected chi connectivity index (χ2v) is 12.7. The number of aromatic nitrogens is 1. The highest BCUT2D eigenvalue weighted by atomic mass is 33.1. The molecule has 3 rings (SSSR count). The summed E-state index contributed by atoms with van der Waals surface area (Å²) in [5.74, 6) is -2.26. The van der Waals surface area contributed by atoms with Crippen LogP contribution in [0.4, 0.5) is 0 Å². The van der Waals surface area contributed by atoms with Crippen LogP contribution < -0.4 is 9.67 Å². The predicted molar refractivity (Wildman–Crippen MR) is 173 cm³/mol. The smallest absolute Gasteiger partial charge is 0.336 e. The van der Waals surface area contributed by atoms with Crippen molar-refractivity contribution < 1.29 is 24.4 Å². The molecule has 0 saturated heterocycles. The van der Waals surface area contributed by atoms with Crippen molar-refractivity contribution in [3.63, 3.8) is 0 Å². The van der Waals surface area contributed by atoms with Crippen LogP contribution in [-0.4, -0.2) is 17.0 Å². The van der Waals surface area contributed by atoms with E-state index in [1.54, 1.807) is 36.4 Å². The molecule has 0 fully saturated rings. The van der Waals surface area contributed by atoms with Gasteiger partial charge in [-0.05, 0) is 24.6 Å². The highest BCUT2D eigenvalue weighted by Gasteiger charge is 2.11. The molecular formula is C35H47NO4S2. The summed E-state index contributed by atoms with van der Waals surface area (Å²) in [6.07, 6.45) is 24.4. The van der Waals surface area contributed by atoms with Crippen LogP contribution in [0.5, 0.6) is 0 Å². The van der Waals surface area contributed by atoms with Crippen molar-refractivity contribution in [1.82, 2.24) is 0 Å². The van der Waals surface area contributed by atoms with Gasteiger partial charge in [-0.25, -0.2) is 9.36 Å². The monoisotopic (exact) mass is 609 g/mol. The number of carbonyl (C=O) groups is 2. The lowest BCUT2D eigenvalue weighted by atomic mass is 10.0. The first kappa shape index (κ1) is 35.4. The van der Waals surface area contributed by atoms with Crippen LogP contribution in [0.2, 0.25) is 0 Å². The Labute approximate surface area is 260 Å². The molecule has 0 amide bonds. The number of benzene rings is 2. The standard InChI is InChI=1S/C21H38N.C14H10O4S2/c1-2-3-4-5-6-7-8-9-10-11-12-13-14-16-19-22-20-17-15-18-21-22;15-13(16)9-5-1-3-7-11(9)19-20-12-8-4-2-6-10(12)14(17)18/h15,17-18,20-21H,2-14,16,19H2,1H3;1-8H,(H,15,16)(H,17,18)/q+1;/p-1. The number of pyridine rings is 1. The zero-order valence-electron chi connectivity index (χ0n) is 25.0. The van der Waals surface area contributed by atoms with Gasteiger partial charge in [0.1, 0.15) is 6.54 Å². The second-order valence-electron chi connectivity index (χ2n) is 10.5. The van der Waals surface area contributed by atoms with Crippen LogP contribution in [0.3, 0.4) is 0 Å². The maximum absolute atomic E-state index is 11.1. The van der Waals surface area contributed by atoms with Gasteiger partial charge in [0, 0.05) is 33.9 Å². The van der Waals surface area contributed by atoms with Gasteiger partial charge in [-0.1, -0.05) is 142 Å². The normalized spacial score (nSPS) is 10.6. The Balaban J connectivity index is 0.000000294. The lowest BCUT2D eigenvalue weighted by molar-refractivity contribution is -0.697. The number of nitrogens with zero attached hydrogens (tertiary/aromatic N) is 1. The van der Waals surface area contributed by atoms with Gasteiger partial charge in [0.05, 0.1) is 11.5 Å². The van der Waals surface area contributed by atoms with Gasteiger partial charge >= 0.3 is 5.97 Å². The third-order valence-electron chi connectivity index (χ3n) is 6.99. The fraction of sp³-hybridized carbons (Fsp3) is 0.457. The average molecular weight is 610 g/mol. The number of carbonyl (C=O) groups excluding carboxylic acids is 1. The van der Waals surface area contributed by atoms with E-state index < -0.39 is 11.9 Å². The first-order chi connectivity index (χ1) is 20.5. The Hall–Kier alpha value is -2.77. The Kier molecular flexibility index (Phi) is 19.2. The fourth-order valence-corrected chi connectivity index (χ4v) is 6.93. The number of carboxylic acid groups (broad SMARTS) is 2. The molecule has 0 unspecified atom stereocenters. The molecule has 1 heterocycles. The van der Waals surface area contributed by atoms with E-state index in [1.807, 2.05) is 0 Å². The summed E-state index contributed by atoms with van der Waals surface area (Å²) in [4.78, 5) is 23.2. The zero-order chi connectivity index (χ0) is 30.3. The van der Waals surface area contributed by atoms with Gasteiger partial charge in [-0.15, -0.1) is 0 Å². The van der Waals surface area contributed by atoms with E-state index in [4.69, 9.17) is 5.11 Å². The van der Waals surface area contributed by atoms with Crippen molar-refractivity contribution >= 4 is 33.5 Å². The third kappa shape index (κ3) is 15.5. The summed E-state index contributed by atoms with van der Waals surface area (Å²) < 4.78 is 2.29. The first-order valence-corrected chi connectivity index (χ1v) is 17.6. The van der Waals surface area contributed by atoms with E-state index in [-0.39, 0.29) is 11.1 Å². The van der Waals surface area contributed by atoms with E-state index in [1.165, 1.54) is 130 Å². The molecule has 5 nitrogen and oxygen atoms in total. The van der Waals surface area contributed by atoms with Crippen LogP contribution in [0.25, 0.3) is 0 Å². The predicted octanol–water partition coefficient (Wildman–Crippen LogP) is 9.00. The van der Waals surface area contributed by atoms with E-state index >= 15 is 0 Å². The minimum atomic E-state index is -1.25. The summed E-state index contributed by atoms with van der Waals surface area (Å²) in [6.45, 7) is 3.47. The molecule has 0 radical (unpaired) electrons. The van der Waals surface area contributed by atoms with Crippen molar-refractivity contribution in [1.29, 1.82) is 0 Å².